The number of alkyl halides is 2. The van der Waals surface area contributed by atoms with Gasteiger partial charge in [0.25, 0.3) is 10.1 Å². The third-order valence-electron chi connectivity index (χ3n) is 2.73. The highest BCUT2D eigenvalue weighted by atomic mass is 32.2. The smallest absolute Gasteiger partial charge is 0.389 e. The lowest BCUT2D eigenvalue weighted by molar-refractivity contribution is -0.137. The highest BCUT2D eigenvalue weighted by Crippen LogP contribution is 2.27. The maximum absolute atomic E-state index is 13.5. The zero-order chi connectivity index (χ0) is 16.1. The third kappa shape index (κ3) is 6.79. The lowest BCUT2D eigenvalue weighted by atomic mass is 10.1. The van der Waals surface area contributed by atoms with Gasteiger partial charge in [-0.3, -0.25) is 0 Å². The molecule has 0 aromatic heterocycles. The van der Waals surface area contributed by atoms with E-state index in [2.05, 4.69) is 4.18 Å². The van der Waals surface area contributed by atoms with Crippen LogP contribution >= 0.6 is 0 Å². The van der Waals surface area contributed by atoms with E-state index >= 15 is 0 Å². The SMILES string of the molecule is C/C(=C\C(O)CCc1ccccc1)C(F)(F)OS(C)(=O)=O. The first-order chi connectivity index (χ1) is 9.60. The molecule has 0 aliphatic carbocycles. The molecule has 0 amide bonds. The molecular formula is C14H18F2O4S. The first-order valence-corrected chi connectivity index (χ1v) is 8.11. The second kappa shape index (κ2) is 7.11. The summed E-state index contributed by atoms with van der Waals surface area (Å²) >= 11 is 0. The number of hydrogen-bond donors (Lipinski definition) is 1. The number of benzene rings is 1. The summed E-state index contributed by atoms with van der Waals surface area (Å²) < 4.78 is 52.1. The number of halogens is 2. The largest absolute Gasteiger partial charge is 0.392 e. The second-order valence-corrected chi connectivity index (χ2v) is 6.32. The van der Waals surface area contributed by atoms with Crippen LogP contribution < -0.4 is 0 Å². The third-order valence-corrected chi connectivity index (χ3v) is 3.24. The van der Waals surface area contributed by atoms with Gasteiger partial charge in [-0.15, -0.1) is 0 Å². The molecule has 0 heterocycles. The van der Waals surface area contributed by atoms with E-state index in [9.17, 15) is 22.3 Å². The van der Waals surface area contributed by atoms with E-state index in [1.165, 1.54) is 0 Å². The van der Waals surface area contributed by atoms with Crippen molar-refractivity contribution in [3.63, 3.8) is 0 Å². The van der Waals surface area contributed by atoms with Crippen molar-refractivity contribution in [2.45, 2.75) is 32.0 Å². The molecule has 0 aliphatic heterocycles. The predicted octanol–water partition coefficient (Wildman–Crippen LogP) is 2.50. The maximum Gasteiger partial charge on any atom is 0.392 e. The monoisotopic (exact) mass is 320 g/mol. The van der Waals surface area contributed by atoms with E-state index in [0.717, 1.165) is 18.6 Å². The summed E-state index contributed by atoms with van der Waals surface area (Å²) in [4.78, 5) is 0. The molecule has 1 aromatic carbocycles. The molecular weight excluding hydrogens is 302 g/mol. The van der Waals surface area contributed by atoms with Crippen LogP contribution in [0.25, 0.3) is 0 Å². The first-order valence-electron chi connectivity index (χ1n) is 6.29. The van der Waals surface area contributed by atoms with Gasteiger partial charge in [0, 0.05) is 5.57 Å². The molecule has 4 nitrogen and oxygen atoms in total. The van der Waals surface area contributed by atoms with Gasteiger partial charge in [-0.05, 0) is 31.4 Å². The van der Waals surface area contributed by atoms with Gasteiger partial charge >= 0.3 is 6.11 Å². The molecule has 21 heavy (non-hydrogen) atoms. The molecule has 0 saturated carbocycles. The van der Waals surface area contributed by atoms with Crippen molar-refractivity contribution in [3.8, 4) is 0 Å². The fourth-order valence-electron chi connectivity index (χ4n) is 1.68. The zero-order valence-electron chi connectivity index (χ0n) is 11.8. The highest BCUT2D eigenvalue weighted by Gasteiger charge is 2.37. The number of aliphatic hydroxyl groups excluding tert-OH is 1. The number of hydrogen-bond acceptors (Lipinski definition) is 4. The molecule has 118 valence electrons. The van der Waals surface area contributed by atoms with E-state index < -0.39 is 27.9 Å². The minimum Gasteiger partial charge on any atom is -0.389 e. The van der Waals surface area contributed by atoms with Gasteiger partial charge in [-0.25, -0.2) is 0 Å². The topological polar surface area (TPSA) is 63.6 Å². The Morgan fingerprint density at radius 3 is 2.48 bits per heavy atom. The fraction of sp³-hybridized carbons (Fsp3) is 0.429. The van der Waals surface area contributed by atoms with Crippen LogP contribution in [0.5, 0.6) is 0 Å². The average Bonchev–Trinajstić information content (AvgIpc) is 2.34. The van der Waals surface area contributed by atoms with Crippen LogP contribution in [0.15, 0.2) is 42.0 Å². The van der Waals surface area contributed by atoms with E-state index in [4.69, 9.17) is 0 Å². The fourth-order valence-corrected chi connectivity index (χ4v) is 2.20. The summed E-state index contributed by atoms with van der Waals surface area (Å²) in [5.41, 5.74) is 0.329. The van der Waals surface area contributed by atoms with Gasteiger partial charge < -0.3 is 5.11 Å². The molecule has 0 fully saturated rings. The number of rotatable bonds is 7. The summed E-state index contributed by atoms with van der Waals surface area (Å²) in [5, 5.41) is 9.73. The van der Waals surface area contributed by atoms with Crippen molar-refractivity contribution in [3.05, 3.63) is 47.5 Å². The summed E-state index contributed by atoms with van der Waals surface area (Å²) in [6.07, 6.45) is -2.85. The minimum atomic E-state index is -4.29. The maximum atomic E-state index is 13.5. The Labute approximate surface area is 123 Å². The summed E-state index contributed by atoms with van der Waals surface area (Å²) in [5.74, 6) is 0. The molecule has 1 atom stereocenters. The second-order valence-electron chi connectivity index (χ2n) is 4.75. The lowest BCUT2D eigenvalue weighted by Gasteiger charge is -2.17. The van der Waals surface area contributed by atoms with Crippen LogP contribution in [-0.4, -0.2) is 32.0 Å². The number of aliphatic hydroxyl groups is 1. The molecule has 0 aliphatic rings. The molecule has 1 N–H and O–H groups in total. The van der Waals surface area contributed by atoms with E-state index in [1.807, 2.05) is 30.3 Å². The molecule has 0 radical (unpaired) electrons. The van der Waals surface area contributed by atoms with Gasteiger partial charge in [0.1, 0.15) is 0 Å². The average molecular weight is 320 g/mol. The van der Waals surface area contributed by atoms with E-state index in [-0.39, 0.29) is 6.42 Å². The van der Waals surface area contributed by atoms with Crippen molar-refractivity contribution < 1.29 is 26.5 Å². The zero-order valence-corrected chi connectivity index (χ0v) is 12.6. The normalized spacial score (nSPS) is 15.0. The number of aryl methyl sites for hydroxylation is 1. The molecule has 0 bridgehead atoms. The van der Waals surface area contributed by atoms with Crippen LogP contribution in [0.3, 0.4) is 0 Å². The minimum absolute atomic E-state index is 0.246. The Balaban J connectivity index is 2.64. The van der Waals surface area contributed by atoms with Gasteiger partial charge in [-0.1, -0.05) is 30.3 Å². The van der Waals surface area contributed by atoms with Gasteiger partial charge in [0.15, 0.2) is 0 Å². The molecule has 0 saturated heterocycles. The molecule has 1 aromatic rings. The quantitative estimate of drug-likeness (QED) is 0.619. The Morgan fingerprint density at radius 1 is 1.38 bits per heavy atom. The Hall–Kier alpha value is -1.31. The molecule has 7 heteroatoms. The van der Waals surface area contributed by atoms with E-state index in [0.29, 0.717) is 12.7 Å². The van der Waals surface area contributed by atoms with E-state index in [1.54, 1.807) is 0 Å². The van der Waals surface area contributed by atoms with Crippen molar-refractivity contribution >= 4 is 10.1 Å². The van der Waals surface area contributed by atoms with Crippen LogP contribution in [0.4, 0.5) is 8.78 Å². The highest BCUT2D eigenvalue weighted by molar-refractivity contribution is 7.86. The predicted molar refractivity (Wildman–Crippen MR) is 75.4 cm³/mol. The summed E-state index contributed by atoms with van der Waals surface area (Å²) in [6.45, 7) is 1.01. The van der Waals surface area contributed by atoms with Crippen molar-refractivity contribution in [1.82, 2.24) is 0 Å². The van der Waals surface area contributed by atoms with Gasteiger partial charge in [0.2, 0.25) is 0 Å². The standard InChI is InChI=1S/C14H18F2O4S/c1-11(14(15,16)20-21(2,18)19)10-13(17)9-8-12-6-4-3-5-7-12/h3-7,10,13,17H,8-9H2,1-2H3/b11-10+. The summed E-state index contributed by atoms with van der Waals surface area (Å²) in [6, 6.07) is 9.27. The van der Waals surface area contributed by atoms with Crippen LogP contribution in [0.1, 0.15) is 18.9 Å². The van der Waals surface area contributed by atoms with Crippen molar-refractivity contribution in [2.24, 2.45) is 0 Å². The van der Waals surface area contributed by atoms with Crippen LogP contribution in [-0.2, 0) is 20.7 Å². The first kappa shape index (κ1) is 17.7. The summed E-state index contributed by atoms with van der Waals surface area (Å²) in [7, 11) is -4.29. The Bertz CT molecular complexity index is 582. The van der Waals surface area contributed by atoms with Crippen LogP contribution in [0.2, 0.25) is 0 Å². The Kier molecular flexibility index (Phi) is 6.00. The Morgan fingerprint density at radius 2 is 1.95 bits per heavy atom. The van der Waals surface area contributed by atoms with Crippen molar-refractivity contribution in [1.29, 1.82) is 0 Å². The van der Waals surface area contributed by atoms with Crippen molar-refractivity contribution in [2.75, 3.05) is 6.26 Å². The lowest BCUT2D eigenvalue weighted by Crippen LogP contribution is -2.26. The van der Waals surface area contributed by atoms with Crippen LogP contribution in [0, 0.1) is 0 Å². The van der Waals surface area contributed by atoms with Gasteiger partial charge in [0.05, 0.1) is 12.4 Å². The molecule has 1 unspecified atom stereocenters. The van der Waals surface area contributed by atoms with Gasteiger partial charge in [-0.2, -0.15) is 21.4 Å². The molecule has 0 spiro atoms. The molecule has 1 rings (SSSR count).